The Labute approximate surface area is 198 Å². The average Bonchev–Trinajstić information content (AvgIpc) is 3.15. The highest BCUT2D eigenvalue weighted by Crippen LogP contribution is 2.20. The summed E-state index contributed by atoms with van der Waals surface area (Å²) in [6.07, 6.45) is 9.46. The molecule has 0 bridgehead atoms. The second-order valence-corrected chi connectivity index (χ2v) is 10.1. The summed E-state index contributed by atoms with van der Waals surface area (Å²) in [6, 6.07) is 11.8. The van der Waals surface area contributed by atoms with E-state index in [1.807, 2.05) is 16.7 Å². The van der Waals surface area contributed by atoms with Crippen LogP contribution < -0.4 is 4.80 Å². The molecule has 0 atom stereocenters. The minimum Gasteiger partial charge on any atom is -0.305 e. The maximum atomic E-state index is 12.9. The highest BCUT2D eigenvalue weighted by atomic mass is 32.2. The first-order valence-electron chi connectivity index (χ1n) is 10.3. The van der Waals surface area contributed by atoms with Gasteiger partial charge in [-0.1, -0.05) is 42.4 Å². The van der Waals surface area contributed by atoms with E-state index in [2.05, 4.69) is 37.1 Å². The van der Waals surface area contributed by atoms with Gasteiger partial charge in [-0.2, -0.15) is 9.30 Å². The number of hydrogen-bond donors (Lipinski definition) is 0. The molecule has 1 heterocycles. The molecule has 0 aliphatic heterocycles. The molecule has 33 heavy (non-hydrogen) atoms. The second-order valence-electron chi connectivity index (χ2n) is 7.17. The highest BCUT2D eigenvalue weighted by Gasteiger charge is 2.22. The molecule has 0 radical (unpaired) electrons. The lowest BCUT2D eigenvalue weighted by atomic mass is 10.2. The lowest BCUT2D eigenvalue weighted by Gasteiger charge is -2.19. The first-order valence-corrected chi connectivity index (χ1v) is 12.6. The Morgan fingerprint density at radius 2 is 1.85 bits per heavy atom. The summed E-state index contributed by atoms with van der Waals surface area (Å²) < 4.78 is 29.8. The van der Waals surface area contributed by atoms with Crippen LogP contribution in [0.25, 0.3) is 10.2 Å². The van der Waals surface area contributed by atoms with Crippen LogP contribution in [0.4, 0.5) is 0 Å². The van der Waals surface area contributed by atoms with Gasteiger partial charge in [0.1, 0.15) is 0 Å². The van der Waals surface area contributed by atoms with Gasteiger partial charge in [-0.15, -0.1) is 19.6 Å². The van der Waals surface area contributed by atoms with Gasteiger partial charge in [0.25, 0.3) is 5.91 Å². The molecule has 170 valence electrons. The maximum absolute atomic E-state index is 12.9. The van der Waals surface area contributed by atoms with Crippen LogP contribution in [0.2, 0.25) is 0 Å². The third-order valence-corrected chi connectivity index (χ3v) is 7.89. The van der Waals surface area contributed by atoms with Crippen LogP contribution >= 0.6 is 11.3 Å². The zero-order chi connectivity index (χ0) is 24.0. The molecule has 6 nitrogen and oxygen atoms in total. The fourth-order valence-corrected chi connectivity index (χ4v) is 5.77. The van der Waals surface area contributed by atoms with Crippen molar-refractivity contribution in [2.75, 3.05) is 13.1 Å². The monoisotopic (exact) mass is 479 g/mol. The molecular weight excluding hydrogens is 454 g/mol. The predicted molar refractivity (Wildman–Crippen MR) is 134 cm³/mol. The summed E-state index contributed by atoms with van der Waals surface area (Å²) in [6.45, 7) is 9.89. The summed E-state index contributed by atoms with van der Waals surface area (Å²) >= 11 is 1.40. The SMILES string of the molecule is C#CCn1c(=NC(=O)c2ccc(S(=O)(=O)N(CC=C)CC=C)cc2)sc2cc(CC)ccc21. The van der Waals surface area contributed by atoms with Crippen molar-refractivity contribution in [1.29, 1.82) is 0 Å². The number of carbonyl (C=O) groups excluding carboxylic acids is 1. The summed E-state index contributed by atoms with van der Waals surface area (Å²) in [7, 11) is -3.74. The number of carbonyl (C=O) groups is 1. The largest absolute Gasteiger partial charge is 0.305 e. The number of terminal acetylenes is 1. The second kappa shape index (κ2) is 10.6. The predicted octanol–water partition coefficient (Wildman–Crippen LogP) is 4.00. The molecule has 0 unspecified atom stereocenters. The zero-order valence-electron chi connectivity index (χ0n) is 18.4. The number of amides is 1. The maximum Gasteiger partial charge on any atom is 0.279 e. The topological polar surface area (TPSA) is 71.7 Å². The van der Waals surface area contributed by atoms with Gasteiger partial charge in [0, 0.05) is 18.7 Å². The Morgan fingerprint density at radius 3 is 2.42 bits per heavy atom. The van der Waals surface area contributed by atoms with Gasteiger partial charge in [0.05, 0.1) is 21.7 Å². The van der Waals surface area contributed by atoms with Crippen LogP contribution in [0.5, 0.6) is 0 Å². The van der Waals surface area contributed by atoms with E-state index >= 15 is 0 Å². The molecule has 0 saturated carbocycles. The summed E-state index contributed by atoms with van der Waals surface area (Å²) in [5, 5.41) is 0. The molecule has 8 heteroatoms. The van der Waals surface area contributed by atoms with Crippen LogP contribution in [0, 0.1) is 12.3 Å². The molecule has 0 aliphatic rings. The van der Waals surface area contributed by atoms with Crippen molar-refractivity contribution in [2.45, 2.75) is 24.8 Å². The van der Waals surface area contributed by atoms with Crippen LogP contribution in [0.3, 0.4) is 0 Å². The molecule has 1 amide bonds. The van der Waals surface area contributed by atoms with Crippen LogP contribution in [0.1, 0.15) is 22.8 Å². The van der Waals surface area contributed by atoms with Crippen LogP contribution in [-0.4, -0.2) is 36.3 Å². The molecule has 0 aliphatic carbocycles. The Balaban J connectivity index is 1.97. The Bertz CT molecular complexity index is 1400. The summed E-state index contributed by atoms with van der Waals surface area (Å²) in [5.41, 5.74) is 2.40. The van der Waals surface area contributed by atoms with E-state index in [1.165, 1.54) is 57.6 Å². The fourth-order valence-electron chi connectivity index (χ4n) is 3.30. The number of aryl methyl sites for hydroxylation is 1. The lowest BCUT2D eigenvalue weighted by Crippen LogP contribution is -2.31. The number of fused-ring (bicyclic) bond motifs is 1. The van der Waals surface area contributed by atoms with E-state index in [1.54, 1.807) is 0 Å². The van der Waals surface area contributed by atoms with Crippen molar-refractivity contribution in [3.63, 3.8) is 0 Å². The third-order valence-electron chi connectivity index (χ3n) is 5.01. The molecule has 0 fully saturated rings. The standard InChI is InChI=1S/C25H25N3O3S2/c1-5-15-27(16-6-2)33(30,31)21-12-10-20(11-13-21)24(29)26-25-28(17-7-3)22-14-9-19(8-4)18-23(22)32-25/h3,5-6,9-14,18H,1-2,8,15-17H2,4H3. The van der Waals surface area contributed by atoms with Crippen molar-refractivity contribution in [3.05, 3.63) is 83.7 Å². The number of sulfonamides is 1. The molecule has 3 aromatic rings. The molecule has 1 aromatic heterocycles. The van der Waals surface area contributed by atoms with Crippen molar-refractivity contribution in [3.8, 4) is 12.3 Å². The average molecular weight is 480 g/mol. The van der Waals surface area contributed by atoms with Crippen molar-refractivity contribution in [1.82, 2.24) is 8.87 Å². The summed E-state index contributed by atoms with van der Waals surface area (Å²) in [4.78, 5) is 17.7. The van der Waals surface area contributed by atoms with Crippen molar-refractivity contribution in [2.24, 2.45) is 4.99 Å². The number of rotatable bonds is 9. The molecule has 3 rings (SSSR count). The van der Waals surface area contributed by atoms with Gasteiger partial charge in [-0.3, -0.25) is 4.79 Å². The van der Waals surface area contributed by atoms with Crippen LogP contribution in [0.15, 0.2) is 77.7 Å². The molecular formula is C25H25N3O3S2. The van der Waals surface area contributed by atoms with Crippen molar-refractivity contribution < 1.29 is 13.2 Å². The quantitative estimate of drug-likeness (QED) is 0.344. The van der Waals surface area contributed by atoms with Gasteiger partial charge in [0.15, 0.2) is 4.80 Å². The number of nitrogens with zero attached hydrogens (tertiary/aromatic N) is 3. The molecule has 0 N–H and O–H groups in total. The normalized spacial score (nSPS) is 12.1. The summed E-state index contributed by atoms with van der Waals surface area (Å²) in [5.74, 6) is 2.14. The number of thiazole rings is 1. The van der Waals surface area contributed by atoms with E-state index < -0.39 is 15.9 Å². The van der Waals surface area contributed by atoms with E-state index in [0.717, 1.165) is 16.6 Å². The molecule has 0 spiro atoms. The number of hydrogen-bond acceptors (Lipinski definition) is 4. The highest BCUT2D eigenvalue weighted by molar-refractivity contribution is 7.89. The fraction of sp³-hybridized carbons (Fsp3) is 0.200. The minimum atomic E-state index is -3.74. The van der Waals surface area contributed by atoms with E-state index in [0.29, 0.717) is 4.80 Å². The molecule has 0 saturated heterocycles. The zero-order valence-corrected chi connectivity index (χ0v) is 20.0. The molecule has 2 aromatic carbocycles. The Kier molecular flexibility index (Phi) is 7.82. The number of benzene rings is 2. The van der Waals surface area contributed by atoms with Gasteiger partial charge >= 0.3 is 0 Å². The Morgan fingerprint density at radius 1 is 1.18 bits per heavy atom. The number of aromatic nitrogens is 1. The van der Waals surface area contributed by atoms with Gasteiger partial charge in [-0.25, -0.2) is 8.42 Å². The van der Waals surface area contributed by atoms with E-state index in [4.69, 9.17) is 6.42 Å². The van der Waals surface area contributed by atoms with Gasteiger partial charge in [-0.05, 0) is 48.4 Å². The third kappa shape index (κ3) is 5.22. The van der Waals surface area contributed by atoms with E-state index in [9.17, 15) is 13.2 Å². The first kappa shape index (κ1) is 24.4. The van der Waals surface area contributed by atoms with Crippen molar-refractivity contribution >= 4 is 37.5 Å². The smallest absolute Gasteiger partial charge is 0.279 e. The van der Waals surface area contributed by atoms with Crippen LogP contribution in [-0.2, 0) is 23.0 Å². The van der Waals surface area contributed by atoms with Gasteiger partial charge in [0.2, 0.25) is 10.0 Å². The van der Waals surface area contributed by atoms with E-state index in [-0.39, 0.29) is 30.1 Å². The van der Waals surface area contributed by atoms with Gasteiger partial charge < -0.3 is 4.57 Å². The first-order chi connectivity index (χ1) is 15.8. The minimum absolute atomic E-state index is 0.0825. The lowest BCUT2D eigenvalue weighted by molar-refractivity contribution is 0.0998. The Hall–Kier alpha value is -3.25.